The molecule has 458 valence electrons. The Kier molecular flexibility index (Phi) is 64.7. The summed E-state index contributed by atoms with van der Waals surface area (Å²) in [6.45, 7) is 6.55. The topological polar surface area (TPSA) is 78.9 Å². The lowest BCUT2D eigenvalue weighted by Crippen LogP contribution is -2.30. The van der Waals surface area contributed by atoms with Gasteiger partial charge in [-0.15, -0.1) is 0 Å². The van der Waals surface area contributed by atoms with Gasteiger partial charge in [0.2, 0.25) is 0 Å². The lowest BCUT2D eigenvalue weighted by Gasteiger charge is -2.18. The second-order valence-electron chi connectivity index (χ2n) is 23.1. The van der Waals surface area contributed by atoms with Gasteiger partial charge in [-0.05, 0) is 70.6 Å². The lowest BCUT2D eigenvalue weighted by atomic mass is 10.0. The van der Waals surface area contributed by atoms with E-state index in [9.17, 15) is 14.4 Å². The molecule has 0 aromatic heterocycles. The van der Waals surface area contributed by atoms with Crippen LogP contribution in [0.2, 0.25) is 0 Å². The Balaban J connectivity index is 4.24. The maximum Gasteiger partial charge on any atom is 0.306 e. The Labute approximate surface area is 491 Å². The lowest BCUT2D eigenvalue weighted by molar-refractivity contribution is -0.167. The molecule has 0 N–H and O–H groups in total. The van der Waals surface area contributed by atoms with Gasteiger partial charge in [0, 0.05) is 19.3 Å². The Morgan fingerprint density at radius 3 is 0.772 bits per heavy atom. The minimum atomic E-state index is -0.787. The molecule has 0 radical (unpaired) electrons. The molecule has 0 heterocycles. The van der Waals surface area contributed by atoms with Crippen LogP contribution in [-0.4, -0.2) is 37.2 Å². The number of carbonyl (C=O) groups excluding carboxylic acids is 3. The van der Waals surface area contributed by atoms with Crippen molar-refractivity contribution >= 4 is 17.9 Å². The van der Waals surface area contributed by atoms with Gasteiger partial charge < -0.3 is 14.2 Å². The first-order valence-corrected chi connectivity index (χ1v) is 34.4. The van der Waals surface area contributed by atoms with Gasteiger partial charge in [-0.1, -0.05) is 338 Å². The highest BCUT2D eigenvalue weighted by Gasteiger charge is 2.19. The van der Waals surface area contributed by atoms with Crippen LogP contribution in [0.15, 0.2) is 72.9 Å². The summed E-state index contributed by atoms with van der Waals surface area (Å²) < 4.78 is 16.9. The summed E-state index contributed by atoms with van der Waals surface area (Å²) in [6, 6.07) is 0. The first-order valence-electron chi connectivity index (χ1n) is 34.4. The van der Waals surface area contributed by atoms with Crippen LogP contribution < -0.4 is 0 Å². The van der Waals surface area contributed by atoms with E-state index < -0.39 is 6.10 Å². The van der Waals surface area contributed by atoms with Gasteiger partial charge in [-0.3, -0.25) is 14.4 Å². The van der Waals surface area contributed by atoms with Crippen molar-refractivity contribution in [1.82, 2.24) is 0 Å². The molecule has 6 heteroatoms. The summed E-state index contributed by atoms with van der Waals surface area (Å²) in [4.78, 5) is 38.3. The van der Waals surface area contributed by atoms with E-state index in [4.69, 9.17) is 14.2 Å². The van der Waals surface area contributed by atoms with E-state index in [2.05, 4.69) is 93.7 Å². The fourth-order valence-electron chi connectivity index (χ4n) is 10.1. The van der Waals surface area contributed by atoms with E-state index in [-0.39, 0.29) is 31.1 Å². The van der Waals surface area contributed by atoms with Crippen molar-refractivity contribution < 1.29 is 28.6 Å². The van der Waals surface area contributed by atoms with Crippen LogP contribution in [0, 0.1) is 0 Å². The zero-order chi connectivity index (χ0) is 57.1. The van der Waals surface area contributed by atoms with E-state index >= 15 is 0 Å². The standard InChI is InChI=1S/C73H130O6/c1-4-7-10-13-16-19-22-24-26-28-30-32-34-35-36-37-39-40-42-44-46-48-51-54-57-60-63-66-72(75)78-69-70(68-77-71(74)65-62-59-56-53-50-21-18-15-12-9-6-3)79-73(76)67-64-61-58-55-52-49-47-45-43-41-38-33-31-29-27-25-23-20-17-14-11-8-5-2/h8,11,17,20,25,27,31,33,41,43,47,49,70H,4-7,9-10,12-16,18-19,21-24,26,28-30,32,34-40,42,44-46,48,50-69H2,1-3H3/b11-8-,20-17-,27-25-,33-31-,43-41-,49-47-. The van der Waals surface area contributed by atoms with E-state index in [1.54, 1.807) is 0 Å². The van der Waals surface area contributed by atoms with Crippen molar-refractivity contribution in [3.05, 3.63) is 72.9 Å². The molecule has 0 aromatic rings. The molecule has 0 fully saturated rings. The van der Waals surface area contributed by atoms with Crippen LogP contribution in [0.25, 0.3) is 0 Å². The molecule has 0 amide bonds. The van der Waals surface area contributed by atoms with E-state index in [1.165, 1.54) is 205 Å². The van der Waals surface area contributed by atoms with Gasteiger partial charge in [0.05, 0.1) is 0 Å². The number of ether oxygens (including phenoxy) is 3. The second kappa shape index (κ2) is 67.4. The molecule has 0 rings (SSSR count). The summed E-state index contributed by atoms with van der Waals surface area (Å²) in [7, 11) is 0. The molecular formula is C73H130O6. The van der Waals surface area contributed by atoms with Crippen molar-refractivity contribution in [1.29, 1.82) is 0 Å². The van der Waals surface area contributed by atoms with Crippen molar-refractivity contribution in [3.8, 4) is 0 Å². The van der Waals surface area contributed by atoms with Gasteiger partial charge >= 0.3 is 17.9 Å². The third-order valence-corrected chi connectivity index (χ3v) is 15.2. The molecule has 0 spiro atoms. The number of unbranched alkanes of at least 4 members (excludes halogenated alkanes) is 40. The number of rotatable bonds is 63. The molecule has 0 saturated heterocycles. The van der Waals surface area contributed by atoms with E-state index in [0.717, 1.165) is 109 Å². The first-order chi connectivity index (χ1) is 39.0. The maximum atomic E-state index is 12.9. The molecule has 6 nitrogen and oxygen atoms in total. The molecule has 0 saturated carbocycles. The van der Waals surface area contributed by atoms with E-state index in [1.807, 2.05) is 0 Å². The summed E-state index contributed by atoms with van der Waals surface area (Å²) >= 11 is 0. The Hall–Kier alpha value is -3.15. The number of esters is 3. The maximum absolute atomic E-state index is 12.9. The van der Waals surface area contributed by atoms with Gasteiger partial charge in [-0.2, -0.15) is 0 Å². The smallest absolute Gasteiger partial charge is 0.306 e. The predicted octanol–water partition coefficient (Wildman–Crippen LogP) is 23.7. The van der Waals surface area contributed by atoms with Crippen molar-refractivity contribution in [3.63, 3.8) is 0 Å². The Bertz CT molecular complexity index is 1450. The Morgan fingerprint density at radius 1 is 0.266 bits per heavy atom. The van der Waals surface area contributed by atoms with Crippen LogP contribution in [0.4, 0.5) is 0 Å². The van der Waals surface area contributed by atoms with Crippen LogP contribution in [0.5, 0.6) is 0 Å². The van der Waals surface area contributed by atoms with Crippen LogP contribution >= 0.6 is 0 Å². The molecular weight excluding hydrogens is 973 g/mol. The molecule has 0 aliphatic rings. The molecule has 0 aliphatic heterocycles. The number of hydrogen-bond acceptors (Lipinski definition) is 6. The second-order valence-corrected chi connectivity index (χ2v) is 23.1. The fraction of sp³-hybridized carbons (Fsp3) is 0.795. The normalized spacial score (nSPS) is 12.5. The molecule has 0 aliphatic carbocycles. The summed E-state index contributed by atoms with van der Waals surface area (Å²) in [5.74, 6) is -0.888. The zero-order valence-electron chi connectivity index (χ0n) is 52.6. The monoisotopic (exact) mass is 1100 g/mol. The van der Waals surface area contributed by atoms with Crippen molar-refractivity contribution in [2.45, 2.75) is 361 Å². The van der Waals surface area contributed by atoms with Gasteiger partial charge in [0.15, 0.2) is 6.10 Å². The molecule has 0 aromatic carbocycles. The van der Waals surface area contributed by atoms with E-state index in [0.29, 0.717) is 19.3 Å². The third kappa shape index (κ3) is 65.5. The van der Waals surface area contributed by atoms with Gasteiger partial charge in [0.25, 0.3) is 0 Å². The molecule has 0 bridgehead atoms. The average Bonchev–Trinajstić information content (AvgIpc) is 3.45. The van der Waals surface area contributed by atoms with Crippen molar-refractivity contribution in [2.24, 2.45) is 0 Å². The third-order valence-electron chi connectivity index (χ3n) is 15.2. The zero-order valence-corrected chi connectivity index (χ0v) is 52.6. The van der Waals surface area contributed by atoms with Crippen LogP contribution in [0.1, 0.15) is 355 Å². The SMILES string of the molecule is CC/C=C\C/C=C\C/C=C\C/C=C\C/C=C\C/C=C\CCCCCCC(=O)OC(COC(=O)CCCCCCCCCCCCC)COC(=O)CCCCCCCCCCCCCCCCCCCCCCCCCCCCC. The highest BCUT2D eigenvalue weighted by molar-refractivity contribution is 5.71. The van der Waals surface area contributed by atoms with Gasteiger partial charge in [0.1, 0.15) is 13.2 Å². The van der Waals surface area contributed by atoms with Gasteiger partial charge in [-0.25, -0.2) is 0 Å². The Morgan fingerprint density at radius 2 is 0.494 bits per heavy atom. The summed E-state index contributed by atoms with van der Waals surface area (Å²) in [5.41, 5.74) is 0. The predicted molar refractivity (Wildman–Crippen MR) is 344 cm³/mol. The summed E-state index contributed by atoms with van der Waals surface area (Å²) in [5, 5.41) is 0. The highest BCUT2D eigenvalue weighted by Crippen LogP contribution is 2.18. The average molecular weight is 1100 g/mol. The van der Waals surface area contributed by atoms with Crippen molar-refractivity contribution in [2.75, 3.05) is 13.2 Å². The quantitative estimate of drug-likeness (QED) is 0.0261. The minimum absolute atomic E-state index is 0.0816. The highest BCUT2D eigenvalue weighted by atomic mass is 16.6. The number of hydrogen-bond donors (Lipinski definition) is 0. The summed E-state index contributed by atoms with van der Waals surface area (Å²) in [6.07, 6.45) is 87.9. The minimum Gasteiger partial charge on any atom is -0.462 e. The number of allylic oxidation sites excluding steroid dienone is 12. The number of carbonyl (C=O) groups is 3. The fourth-order valence-corrected chi connectivity index (χ4v) is 10.1. The molecule has 1 atom stereocenters. The largest absolute Gasteiger partial charge is 0.462 e. The molecule has 79 heavy (non-hydrogen) atoms. The molecule has 1 unspecified atom stereocenters. The van der Waals surface area contributed by atoms with Crippen LogP contribution in [0.3, 0.4) is 0 Å². The first kappa shape index (κ1) is 75.8. The van der Waals surface area contributed by atoms with Crippen LogP contribution in [-0.2, 0) is 28.6 Å².